The molecule has 1 aromatic heterocycles. The monoisotopic (exact) mass is 440 g/mol. The smallest absolute Gasteiger partial charge is 0.233 e. The van der Waals surface area contributed by atoms with E-state index in [-0.39, 0.29) is 11.7 Å². The van der Waals surface area contributed by atoms with Crippen molar-refractivity contribution >= 4 is 17.7 Å². The Kier molecular flexibility index (Phi) is 6.61. The van der Waals surface area contributed by atoms with Crippen LogP contribution in [0.5, 0.6) is 17.2 Å². The molecule has 0 saturated carbocycles. The second-order valence-electron chi connectivity index (χ2n) is 6.82. The molecule has 0 radical (unpaired) electrons. The van der Waals surface area contributed by atoms with Crippen molar-refractivity contribution < 1.29 is 19.0 Å². The summed E-state index contributed by atoms with van der Waals surface area (Å²) in [6, 6.07) is 13.4. The number of rotatable bonds is 8. The topological polar surface area (TPSA) is 78.7 Å². The molecule has 9 heteroatoms. The number of carbonyl (C=O) groups excluding carboxylic acids is 1. The molecule has 0 atom stereocenters. The van der Waals surface area contributed by atoms with Gasteiger partial charge in [0.2, 0.25) is 5.91 Å². The summed E-state index contributed by atoms with van der Waals surface area (Å²) in [4.78, 5) is 14.7. The molecule has 4 rings (SSSR count). The SMILES string of the molecule is CCN(Cc1cccc2c1OCCO2)C(=O)CSc1nncn1-c1ccc(OC)cc1. The number of para-hydroxylation sites is 1. The van der Waals surface area contributed by atoms with Crippen molar-refractivity contribution in [1.82, 2.24) is 19.7 Å². The van der Waals surface area contributed by atoms with Gasteiger partial charge in [-0.15, -0.1) is 10.2 Å². The largest absolute Gasteiger partial charge is 0.497 e. The lowest BCUT2D eigenvalue weighted by Gasteiger charge is -2.25. The highest BCUT2D eigenvalue weighted by molar-refractivity contribution is 7.99. The third-order valence-corrected chi connectivity index (χ3v) is 5.86. The average molecular weight is 441 g/mol. The van der Waals surface area contributed by atoms with E-state index in [1.54, 1.807) is 18.3 Å². The number of aromatic nitrogens is 3. The molecule has 0 unspecified atom stereocenters. The number of amides is 1. The molecule has 2 heterocycles. The number of nitrogens with zero attached hydrogens (tertiary/aromatic N) is 4. The van der Waals surface area contributed by atoms with E-state index in [1.807, 2.05) is 54.0 Å². The van der Waals surface area contributed by atoms with E-state index in [4.69, 9.17) is 14.2 Å². The summed E-state index contributed by atoms with van der Waals surface area (Å²) in [5, 5.41) is 8.83. The lowest BCUT2D eigenvalue weighted by molar-refractivity contribution is -0.128. The third kappa shape index (κ3) is 4.77. The molecule has 0 saturated heterocycles. The van der Waals surface area contributed by atoms with Gasteiger partial charge in [0, 0.05) is 24.3 Å². The van der Waals surface area contributed by atoms with Crippen LogP contribution in [0.3, 0.4) is 0 Å². The molecular weight excluding hydrogens is 416 g/mol. The first-order valence-electron chi connectivity index (χ1n) is 10.0. The van der Waals surface area contributed by atoms with Crippen molar-refractivity contribution in [3.63, 3.8) is 0 Å². The molecule has 1 aliphatic heterocycles. The van der Waals surface area contributed by atoms with Crippen LogP contribution in [0.2, 0.25) is 0 Å². The van der Waals surface area contributed by atoms with Crippen molar-refractivity contribution in [1.29, 1.82) is 0 Å². The maximum Gasteiger partial charge on any atom is 0.233 e. The number of hydrogen-bond acceptors (Lipinski definition) is 7. The zero-order valence-corrected chi connectivity index (χ0v) is 18.3. The standard InChI is InChI=1S/C22H24N4O4S/c1-3-25(13-16-5-4-6-19-21(16)30-12-11-29-19)20(27)14-31-22-24-23-15-26(22)17-7-9-18(28-2)10-8-17/h4-10,15H,3,11-14H2,1-2H3. The molecular formula is C22H24N4O4S. The lowest BCUT2D eigenvalue weighted by atomic mass is 10.1. The summed E-state index contributed by atoms with van der Waals surface area (Å²) in [5.74, 6) is 2.51. The Morgan fingerprint density at radius 1 is 1.19 bits per heavy atom. The lowest BCUT2D eigenvalue weighted by Crippen LogP contribution is -2.32. The van der Waals surface area contributed by atoms with Crippen LogP contribution in [0.15, 0.2) is 53.9 Å². The Labute approximate surface area is 185 Å². The van der Waals surface area contributed by atoms with Crippen LogP contribution in [-0.2, 0) is 11.3 Å². The molecule has 3 aromatic rings. The Bertz CT molecular complexity index is 1040. The predicted octanol–water partition coefficient (Wildman–Crippen LogP) is 3.19. The van der Waals surface area contributed by atoms with Crippen LogP contribution in [0.25, 0.3) is 5.69 Å². The number of benzene rings is 2. The van der Waals surface area contributed by atoms with E-state index < -0.39 is 0 Å². The maximum absolute atomic E-state index is 12.9. The second-order valence-corrected chi connectivity index (χ2v) is 7.76. The van der Waals surface area contributed by atoms with Gasteiger partial charge in [-0.25, -0.2) is 0 Å². The molecule has 0 bridgehead atoms. The molecule has 0 aliphatic carbocycles. The van der Waals surface area contributed by atoms with Gasteiger partial charge in [0.05, 0.1) is 12.9 Å². The van der Waals surface area contributed by atoms with E-state index in [0.717, 1.165) is 28.5 Å². The van der Waals surface area contributed by atoms with E-state index >= 15 is 0 Å². The average Bonchev–Trinajstić information content (AvgIpc) is 3.29. The van der Waals surface area contributed by atoms with E-state index in [9.17, 15) is 4.79 Å². The first-order valence-corrected chi connectivity index (χ1v) is 11.0. The Morgan fingerprint density at radius 3 is 2.77 bits per heavy atom. The normalized spacial score (nSPS) is 12.5. The van der Waals surface area contributed by atoms with Gasteiger partial charge >= 0.3 is 0 Å². The van der Waals surface area contributed by atoms with E-state index in [0.29, 0.717) is 31.5 Å². The van der Waals surface area contributed by atoms with E-state index in [2.05, 4.69) is 10.2 Å². The Morgan fingerprint density at radius 2 is 2.00 bits per heavy atom. The van der Waals surface area contributed by atoms with Gasteiger partial charge in [0.25, 0.3) is 0 Å². The van der Waals surface area contributed by atoms with Gasteiger partial charge in [0.15, 0.2) is 16.7 Å². The minimum absolute atomic E-state index is 0.0195. The molecule has 162 valence electrons. The molecule has 1 amide bonds. The number of methoxy groups -OCH3 is 1. The molecule has 8 nitrogen and oxygen atoms in total. The van der Waals surface area contributed by atoms with Gasteiger partial charge in [0.1, 0.15) is 25.3 Å². The van der Waals surface area contributed by atoms with Gasteiger partial charge in [-0.2, -0.15) is 0 Å². The number of ether oxygens (including phenoxy) is 3. The molecule has 0 fully saturated rings. The first-order chi connectivity index (χ1) is 15.2. The van der Waals surface area contributed by atoms with Crippen molar-refractivity contribution in [2.45, 2.75) is 18.6 Å². The van der Waals surface area contributed by atoms with Crippen molar-refractivity contribution in [2.75, 3.05) is 32.6 Å². The fourth-order valence-electron chi connectivity index (χ4n) is 3.30. The predicted molar refractivity (Wildman–Crippen MR) is 117 cm³/mol. The van der Waals surface area contributed by atoms with Crippen LogP contribution < -0.4 is 14.2 Å². The zero-order valence-electron chi connectivity index (χ0n) is 17.5. The number of fused-ring (bicyclic) bond motifs is 1. The van der Waals surface area contributed by atoms with Crippen LogP contribution in [0, 0.1) is 0 Å². The molecule has 0 N–H and O–H groups in total. The summed E-state index contributed by atoms with van der Waals surface area (Å²) in [5.41, 5.74) is 1.85. The van der Waals surface area contributed by atoms with Gasteiger partial charge in [-0.05, 0) is 37.3 Å². The highest BCUT2D eigenvalue weighted by Crippen LogP contribution is 2.34. The van der Waals surface area contributed by atoms with Crippen LogP contribution in [-0.4, -0.2) is 58.2 Å². The van der Waals surface area contributed by atoms with Crippen molar-refractivity contribution in [2.24, 2.45) is 0 Å². The number of carbonyl (C=O) groups is 1. The Hall–Kier alpha value is -3.20. The minimum Gasteiger partial charge on any atom is -0.497 e. The summed E-state index contributed by atoms with van der Waals surface area (Å²) >= 11 is 1.36. The van der Waals surface area contributed by atoms with Crippen molar-refractivity contribution in [3.8, 4) is 22.9 Å². The summed E-state index contributed by atoms with van der Waals surface area (Å²) in [6.07, 6.45) is 1.64. The first kappa shape index (κ1) is 21.0. The fraction of sp³-hybridized carbons (Fsp3) is 0.318. The third-order valence-electron chi connectivity index (χ3n) is 4.94. The summed E-state index contributed by atoms with van der Waals surface area (Å²) in [6.45, 7) is 4.08. The number of hydrogen-bond donors (Lipinski definition) is 0. The highest BCUT2D eigenvalue weighted by Gasteiger charge is 2.20. The fourth-order valence-corrected chi connectivity index (χ4v) is 4.13. The van der Waals surface area contributed by atoms with Gasteiger partial charge < -0.3 is 19.1 Å². The van der Waals surface area contributed by atoms with Gasteiger partial charge in [-0.1, -0.05) is 23.9 Å². The van der Waals surface area contributed by atoms with Crippen molar-refractivity contribution in [3.05, 3.63) is 54.4 Å². The minimum atomic E-state index is 0.0195. The van der Waals surface area contributed by atoms with Crippen LogP contribution in [0.4, 0.5) is 0 Å². The molecule has 31 heavy (non-hydrogen) atoms. The highest BCUT2D eigenvalue weighted by atomic mass is 32.2. The zero-order chi connectivity index (χ0) is 21.6. The van der Waals surface area contributed by atoms with Crippen LogP contribution in [0.1, 0.15) is 12.5 Å². The maximum atomic E-state index is 12.9. The van der Waals surface area contributed by atoms with E-state index in [1.165, 1.54) is 11.8 Å². The number of thioether (sulfide) groups is 1. The van der Waals surface area contributed by atoms with Gasteiger partial charge in [-0.3, -0.25) is 9.36 Å². The molecule has 1 aliphatic rings. The quantitative estimate of drug-likeness (QED) is 0.498. The Balaban J connectivity index is 1.42. The molecule has 2 aromatic carbocycles. The van der Waals surface area contributed by atoms with Crippen LogP contribution >= 0.6 is 11.8 Å². The molecule has 0 spiro atoms. The summed E-state index contributed by atoms with van der Waals surface area (Å²) < 4.78 is 18.5. The second kappa shape index (κ2) is 9.74. The summed E-state index contributed by atoms with van der Waals surface area (Å²) in [7, 11) is 1.63.